The number of hydrogen-bond donors (Lipinski definition) is 3. The molecule has 0 fully saturated rings. The zero-order valence-corrected chi connectivity index (χ0v) is 17.3. The van der Waals surface area contributed by atoms with Crippen LogP contribution in [0.15, 0.2) is 35.5 Å². The summed E-state index contributed by atoms with van der Waals surface area (Å²) in [6.07, 6.45) is 3.27. The van der Waals surface area contributed by atoms with E-state index in [4.69, 9.17) is 20.9 Å². The molecule has 32 heavy (non-hydrogen) atoms. The molecule has 0 saturated carbocycles. The van der Waals surface area contributed by atoms with E-state index >= 15 is 0 Å². The maximum Gasteiger partial charge on any atom is 0.271 e. The molecule has 1 amide bonds. The van der Waals surface area contributed by atoms with Crippen molar-refractivity contribution in [1.29, 1.82) is 0 Å². The van der Waals surface area contributed by atoms with Gasteiger partial charge in [-0.25, -0.2) is 9.98 Å². The average Bonchev–Trinajstić information content (AvgIpc) is 3.16. The van der Waals surface area contributed by atoms with E-state index in [9.17, 15) is 9.90 Å². The molecule has 0 atom stereocenters. The van der Waals surface area contributed by atoms with Gasteiger partial charge in [0.25, 0.3) is 5.91 Å². The monoisotopic (exact) mass is 429 g/mol. The molecular weight excluding hydrogens is 410 g/mol. The lowest BCUT2D eigenvalue weighted by Gasteiger charge is -2.13. The number of phenolic OH excluding ortho intramolecular Hbond substituents is 1. The number of aromatic nitrogens is 2. The van der Waals surface area contributed by atoms with Gasteiger partial charge in [0.05, 0.1) is 30.7 Å². The summed E-state index contributed by atoms with van der Waals surface area (Å²) in [5.41, 5.74) is 14.0. The molecule has 0 spiro atoms. The molecule has 160 valence electrons. The van der Waals surface area contributed by atoms with Crippen LogP contribution in [-0.4, -0.2) is 35.2 Å². The molecule has 0 saturated heterocycles. The molecule has 4 rings (SSSR count). The summed E-state index contributed by atoms with van der Waals surface area (Å²) in [6.45, 7) is 0. The van der Waals surface area contributed by atoms with Crippen molar-refractivity contribution in [2.75, 3.05) is 25.7 Å². The first kappa shape index (κ1) is 20.7. The number of methoxy groups -OCH3 is 2. The maximum absolute atomic E-state index is 11.5. The van der Waals surface area contributed by atoms with E-state index in [1.54, 1.807) is 18.3 Å². The number of amides is 1. The van der Waals surface area contributed by atoms with Crippen LogP contribution in [0, 0.1) is 11.8 Å². The van der Waals surface area contributed by atoms with Crippen molar-refractivity contribution < 1.29 is 19.4 Å². The van der Waals surface area contributed by atoms with Crippen LogP contribution in [0.1, 0.15) is 22.3 Å². The molecule has 5 N–H and O–H groups in total. The predicted molar refractivity (Wildman–Crippen MR) is 118 cm³/mol. The van der Waals surface area contributed by atoms with Gasteiger partial charge in [-0.2, -0.15) is 4.98 Å². The number of carbonyl (C=O) groups is 1. The summed E-state index contributed by atoms with van der Waals surface area (Å²) in [6, 6.07) is 6.89. The smallest absolute Gasteiger partial charge is 0.271 e. The van der Waals surface area contributed by atoms with Crippen LogP contribution in [0.5, 0.6) is 17.2 Å². The van der Waals surface area contributed by atoms with E-state index in [1.165, 1.54) is 20.3 Å². The molecule has 0 radical (unpaired) electrons. The number of anilines is 2. The van der Waals surface area contributed by atoms with Crippen molar-refractivity contribution in [3.8, 4) is 29.1 Å². The summed E-state index contributed by atoms with van der Waals surface area (Å²) in [5, 5.41) is 11.3. The number of fused-ring (bicyclic) bond motifs is 1. The van der Waals surface area contributed by atoms with Crippen LogP contribution in [0.2, 0.25) is 0 Å². The van der Waals surface area contributed by atoms with Gasteiger partial charge in [0.15, 0.2) is 11.5 Å². The molecule has 1 aliphatic rings. The summed E-state index contributed by atoms with van der Waals surface area (Å²) in [4.78, 5) is 23.3. The fourth-order valence-corrected chi connectivity index (χ4v) is 3.35. The highest BCUT2D eigenvalue weighted by molar-refractivity contribution is 6.06. The number of benzene rings is 2. The quantitative estimate of drug-likeness (QED) is 0.502. The van der Waals surface area contributed by atoms with E-state index < -0.39 is 5.91 Å². The second-order valence-corrected chi connectivity index (χ2v) is 6.93. The van der Waals surface area contributed by atoms with E-state index in [1.807, 2.05) is 12.1 Å². The van der Waals surface area contributed by atoms with Gasteiger partial charge in [-0.15, -0.1) is 0 Å². The largest absolute Gasteiger partial charge is 0.506 e. The summed E-state index contributed by atoms with van der Waals surface area (Å²) in [7, 11) is 3.05. The van der Waals surface area contributed by atoms with Crippen LogP contribution in [-0.2, 0) is 11.2 Å². The van der Waals surface area contributed by atoms with Crippen molar-refractivity contribution in [2.45, 2.75) is 6.42 Å². The van der Waals surface area contributed by atoms with Gasteiger partial charge < -0.3 is 26.0 Å². The molecule has 2 heterocycles. The zero-order chi connectivity index (χ0) is 22.8. The van der Waals surface area contributed by atoms with Gasteiger partial charge in [0, 0.05) is 29.5 Å². The van der Waals surface area contributed by atoms with Crippen LogP contribution in [0.4, 0.5) is 11.8 Å². The Bertz CT molecular complexity index is 1440. The first-order chi connectivity index (χ1) is 15.4. The van der Waals surface area contributed by atoms with Crippen molar-refractivity contribution in [1.82, 2.24) is 9.97 Å². The fraction of sp³-hybridized carbons (Fsp3) is 0.130. The topological polar surface area (TPSA) is 146 Å². The number of rotatable bonds is 4. The fourth-order valence-electron chi connectivity index (χ4n) is 3.35. The Balaban J connectivity index is 1.78. The summed E-state index contributed by atoms with van der Waals surface area (Å²) in [5.74, 6) is 6.77. The number of aromatic hydroxyl groups is 1. The standard InChI is InChI=1S/C23H19N5O4/c1-31-18-9-12(8-15-11-26-23(25)28-22(15)24)7-14(21(18)32-2)4-3-13-5-6-17-16(20(13)30)10-19(29)27-17/h5-7,9-11,30H,8H2,1-2H3,(H4,24,25,26,28). The molecule has 1 aromatic heterocycles. The number of ether oxygens (including phenoxy) is 2. The number of carbonyl (C=O) groups excluding carboxylic acids is 1. The zero-order valence-electron chi connectivity index (χ0n) is 17.3. The highest BCUT2D eigenvalue weighted by atomic mass is 16.5. The Labute approximate surface area is 183 Å². The maximum atomic E-state index is 11.5. The van der Waals surface area contributed by atoms with Gasteiger partial charge in [-0.05, 0) is 29.8 Å². The Morgan fingerprint density at radius 2 is 1.88 bits per heavy atom. The van der Waals surface area contributed by atoms with E-state index in [-0.39, 0.29) is 11.7 Å². The molecule has 9 nitrogen and oxygen atoms in total. The second kappa shape index (κ2) is 8.28. The Kier molecular flexibility index (Phi) is 5.35. The first-order valence-electron chi connectivity index (χ1n) is 9.49. The molecule has 3 aromatic rings. The van der Waals surface area contributed by atoms with Crippen molar-refractivity contribution in [3.63, 3.8) is 0 Å². The average molecular weight is 429 g/mol. The van der Waals surface area contributed by atoms with Crippen LogP contribution in [0.3, 0.4) is 0 Å². The normalized spacial score (nSPS) is 11.6. The van der Waals surface area contributed by atoms with Crippen molar-refractivity contribution in [3.05, 3.63) is 63.3 Å². The number of hydrogen-bond acceptors (Lipinski definition) is 8. The van der Waals surface area contributed by atoms with Crippen molar-refractivity contribution in [2.24, 2.45) is 4.99 Å². The summed E-state index contributed by atoms with van der Waals surface area (Å²) >= 11 is 0. The van der Waals surface area contributed by atoms with E-state index in [2.05, 4.69) is 26.8 Å². The highest BCUT2D eigenvalue weighted by Gasteiger charge is 2.14. The third-order valence-corrected chi connectivity index (χ3v) is 4.87. The number of nitrogens with two attached hydrogens (primary N) is 2. The molecule has 0 bridgehead atoms. The summed E-state index contributed by atoms with van der Waals surface area (Å²) < 4.78 is 11.0. The van der Waals surface area contributed by atoms with Gasteiger partial charge >= 0.3 is 0 Å². The molecular formula is C23H19N5O4. The van der Waals surface area contributed by atoms with Gasteiger partial charge in [0.2, 0.25) is 5.95 Å². The van der Waals surface area contributed by atoms with Gasteiger partial charge in [-0.3, -0.25) is 4.79 Å². The molecule has 2 aromatic carbocycles. The molecule has 9 heteroatoms. The lowest BCUT2D eigenvalue weighted by molar-refractivity contribution is -0.112. The van der Waals surface area contributed by atoms with E-state index in [0.29, 0.717) is 51.0 Å². The third-order valence-electron chi connectivity index (χ3n) is 4.87. The minimum atomic E-state index is -0.412. The minimum Gasteiger partial charge on any atom is -0.506 e. The number of nitrogens with zero attached hydrogens (tertiary/aromatic N) is 3. The van der Waals surface area contributed by atoms with E-state index in [0.717, 1.165) is 5.56 Å². The second-order valence-electron chi connectivity index (χ2n) is 6.93. The van der Waals surface area contributed by atoms with Gasteiger partial charge in [0.1, 0.15) is 11.6 Å². The van der Waals surface area contributed by atoms with Gasteiger partial charge in [-0.1, -0.05) is 11.8 Å². The molecule has 0 aliphatic carbocycles. The Hall–Kier alpha value is -4.58. The lowest BCUT2D eigenvalue weighted by atomic mass is 10.0. The van der Waals surface area contributed by atoms with Crippen LogP contribution < -0.4 is 31.5 Å². The lowest BCUT2D eigenvalue weighted by Crippen LogP contribution is -2.21. The Morgan fingerprint density at radius 1 is 1.09 bits per heavy atom. The van der Waals surface area contributed by atoms with Crippen LogP contribution in [0.25, 0.3) is 6.08 Å². The number of phenols is 1. The SMILES string of the molecule is COc1cc(Cc2cnc(N)nc2N)cc(C#Cc2ccc3c(c2O)=CC(=O)N=3)c1OC. The third kappa shape index (κ3) is 3.89. The van der Waals surface area contributed by atoms with Crippen molar-refractivity contribution >= 4 is 23.7 Å². The number of nitrogen functional groups attached to an aromatic ring is 2. The first-order valence-corrected chi connectivity index (χ1v) is 9.49. The minimum absolute atomic E-state index is 0.0986. The molecule has 0 unspecified atom stereocenters. The predicted octanol–water partition coefficient (Wildman–Crippen LogP) is 0.295. The van der Waals surface area contributed by atoms with Crippen LogP contribution >= 0.6 is 0 Å². The Morgan fingerprint density at radius 3 is 2.59 bits per heavy atom. The molecule has 1 aliphatic heterocycles. The highest BCUT2D eigenvalue weighted by Crippen LogP contribution is 2.33.